The summed E-state index contributed by atoms with van der Waals surface area (Å²) in [6, 6.07) is 15.6. The van der Waals surface area contributed by atoms with E-state index < -0.39 is 0 Å². The topological polar surface area (TPSA) is 116 Å². The van der Waals surface area contributed by atoms with E-state index in [1.54, 1.807) is 18.2 Å². The highest BCUT2D eigenvalue weighted by Crippen LogP contribution is 2.19. The monoisotopic (exact) mass is 442 g/mol. The molecule has 3 rings (SSSR count). The number of halogens is 1. The highest BCUT2D eigenvalue weighted by molar-refractivity contribution is 5.38. The third kappa shape index (κ3) is 8.42. The Morgan fingerprint density at radius 3 is 2.31 bits per heavy atom. The van der Waals surface area contributed by atoms with Gasteiger partial charge < -0.3 is 30.6 Å². The van der Waals surface area contributed by atoms with Gasteiger partial charge in [0.15, 0.2) is 0 Å². The van der Waals surface area contributed by atoms with Crippen molar-refractivity contribution in [2.45, 2.75) is 6.54 Å². The summed E-state index contributed by atoms with van der Waals surface area (Å²) in [4.78, 5) is 13.0. The van der Waals surface area contributed by atoms with Crippen molar-refractivity contribution in [2.75, 3.05) is 50.2 Å². The second-order valence-electron chi connectivity index (χ2n) is 6.60. The van der Waals surface area contributed by atoms with Crippen LogP contribution in [0.5, 0.6) is 11.8 Å². The van der Waals surface area contributed by atoms with E-state index in [9.17, 15) is 4.39 Å². The van der Waals surface area contributed by atoms with Crippen molar-refractivity contribution in [1.29, 1.82) is 0 Å². The Labute approximate surface area is 186 Å². The first-order chi connectivity index (χ1) is 15.7. The van der Waals surface area contributed by atoms with Crippen molar-refractivity contribution in [3.05, 3.63) is 66.0 Å². The van der Waals surface area contributed by atoms with Gasteiger partial charge >= 0.3 is 6.01 Å². The standard InChI is InChI=1S/C22H27FN6O3/c23-18-6-4-5-17(15-18)16-26-21-27-20(25-10-12-31-14-13-30-11-9-24)28-22(29-21)32-19-7-2-1-3-8-19/h1-8,15H,9-14,16,24H2,(H2,25,26,27,28,29). The van der Waals surface area contributed by atoms with Crippen molar-refractivity contribution in [2.24, 2.45) is 5.73 Å². The fourth-order valence-electron chi connectivity index (χ4n) is 2.62. The molecule has 0 saturated heterocycles. The summed E-state index contributed by atoms with van der Waals surface area (Å²) in [6.07, 6.45) is 0. The van der Waals surface area contributed by atoms with Crippen LogP contribution in [0.25, 0.3) is 0 Å². The predicted molar refractivity (Wildman–Crippen MR) is 119 cm³/mol. The number of ether oxygens (including phenoxy) is 3. The predicted octanol–water partition coefficient (Wildman–Crippen LogP) is 2.82. The third-order valence-corrected chi connectivity index (χ3v) is 4.07. The van der Waals surface area contributed by atoms with Gasteiger partial charge in [-0.3, -0.25) is 0 Å². The Morgan fingerprint density at radius 1 is 0.812 bits per heavy atom. The molecule has 9 nitrogen and oxygen atoms in total. The number of nitrogens with zero attached hydrogens (tertiary/aromatic N) is 3. The number of nitrogens with one attached hydrogen (secondary N) is 2. The van der Waals surface area contributed by atoms with Gasteiger partial charge in [-0.25, -0.2) is 4.39 Å². The Morgan fingerprint density at radius 2 is 1.56 bits per heavy atom. The summed E-state index contributed by atoms with van der Waals surface area (Å²) in [6.45, 7) is 3.24. The number of para-hydroxylation sites is 1. The van der Waals surface area contributed by atoms with E-state index in [-0.39, 0.29) is 11.8 Å². The molecule has 10 heteroatoms. The maximum atomic E-state index is 13.4. The molecule has 0 unspecified atom stereocenters. The fraction of sp³-hybridized carbons (Fsp3) is 0.318. The molecular weight excluding hydrogens is 415 g/mol. The third-order valence-electron chi connectivity index (χ3n) is 4.07. The van der Waals surface area contributed by atoms with Gasteiger partial charge in [-0.1, -0.05) is 30.3 Å². The molecule has 0 saturated carbocycles. The lowest BCUT2D eigenvalue weighted by atomic mass is 10.2. The molecule has 0 bridgehead atoms. The molecule has 0 spiro atoms. The van der Waals surface area contributed by atoms with Gasteiger partial charge in [-0.15, -0.1) is 0 Å². The molecule has 1 aromatic heterocycles. The molecule has 3 aromatic rings. The average Bonchev–Trinajstić information content (AvgIpc) is 2.80. The minimum absolute atomic E-state index is 0.131. The summed E-state index contributed by atoms with van der Waals surface area (Å²) in [5, 5.41) is 6.17. The van der Waals surface area contributed by atoms with E-state index in [4.69, 9.17) is 19.9 Å². The molecule has 1 heterocycles. The summed E-state index contributed by atoms with van der Waals surface area (Å²) in [5.74, 6) is 0.926. The van der Waals surface area contributed by atoms with E-state index in [1.165, 1.54) is 12.1 Å². The van der Waals surface area contributed by atoms with Gasteiger partial charge in [-0.05, 0) is 29.8 Å². The molecule has 0 aliphatic carbocycles. The number of hydrogen-bond acceptors (Lipinski definition) is 9. The van der Waals surface area contributed by atoms with E-state index in [0.717, 1.165) is 5.56 Å². The highest BCUT2D eigenvalue weighted by Gasteiger charge is 2.09. The minimum atomic E-state index is -0.302. The molecule has 0 aliphatic rings. The molecule has 2 aromatic carbocycles. The molecule has 0 aliphatic heterocycles. The molecule has 170 valence electrons. The van der Waals surface area contributed by atoms with Crippen molar-refractivity contribution in [1.82, 2.24) is 15.0 Å². The maximum absolute atomic E-state index is 13.4. The number of hydrogen-bond donors (Lipinski definition) is 3. The van der Waals surface area contributed by atoms with Gasteiger partial charge in [0.05, 0.1) is 26.4 Å². The lowest BCUT2D eigenvalue weighted by Gasteiger charge is -2.11. The molecule has 0 radical (unpaired) electrons. The highest BCUT2D eigenvalue weighted by atomic mass is 19.1. The maximum Gasteiger partial charge on any atom is 0.328 e. The van der Waals surface area contributed by atoms with Crippen LogP contribution in [0.1, 0.15) is 5.56 Å². The van der Waals surface area contributed by atoms with Crippen LogP contribution in [0.15, 0.2) is 54.6 Å². The Kier molecular flexibility index (Phi) is 9.59. The summed E-state index contributed by atoms with van der Waals surface area (Å²) >= 11 is 0. The van der Waals surface area contributed by atoms with Crippen molar-refractivity contribution in [3.63, 3.8) is 0 Å². The number of rotatable bonds is 14. The van der Waals surface area contributed by atoms with E-state index in [2.05, 4.69) is 25.6 Å². The van der Waals surface area contributed by atoms with Gasteiger partial charge in [0.1, 0.15) is 11.6 Å². The first kappa shape index (κ1) is 23.3. The second kappa shape index (κ2) is 13.2. The van der Waals surface area contributed by atoms with E-state index >= 15 is 0 Å². The summed E-state index contributed by atoms with van der Waals surface area (Å²) < 4.78 is 29.9. The van der Waals surface area contributed by atoms with Gasteiger partial charge in [-0.2, -0.15) is 15.0 Å². The van der Waals surface area contributed by atoms with Crippen LogP contribution in [0, 0.1) is 5.82 Å². The number of aromatic nitrogens is 3. The molecule has 0 fully saturated rings. The van der Waals surface area contributed by atoms with Gasteiger partial charge in [0, 0.05) is 19.6 Å². The summed E-state index contributed by atoms with van der Waals surface area (Å²) in [7, 11) is 0. The minimum Gasteiger partial charge on any atom is -0.424 e. The Balaban J connectivity index is 1.59. The normalized spacial score (nSPS) is 10.7. The average molecular weight is 442 g/mol. The van der Waals surface area contributed by atoms with Gasteiger partial charge in [0.25, 0.3) is 0 Å². The van der Waals surface area contributed by atoms with E-state index in [1.807, 2.05) is 24.3 Å². The van der Waals surface area contributed by atoms with E-state index in [0.29, 0.717) is 63.7 Å². The molecule has 32 heavy (non-hydrogen) atoms. The number of anilines is 2. The molecular formula is C22H27FN6O3. The van der Waals surface area contributed by atoms with Crippen LogP contribution in [0.4, 0.5) is 16.3 Å². The summed E-state index contributed by atoms with van der Waals surface area (Å²) in [5.41, 5.74) is 6.12. The number of nitrogens with two attached hydrogens (primary N) is 1. The van der Waals surface area contributed by atoms with Crippen LogP contribution in [-0.4, -0.2) is 54.5 Å². The Bertz CT molecular complexity index is 948. The molecule has 0 atom stereocenters. The second-order valence-corrected chi connectivity index (χ2v) is 6.60. The zero-order chi connectivity index (χ0) is 22.4. The van der Waals surface area contributed by atoms with Crippen LogP contribution in [0.2, 0.25) is 0 Å². The van der Waals surface area contributed by atoms with Crippen LogP contribution >= 0.6 is 0 Å². The van der Waals surface area contributed by atoms with Crippen molar-refractivity contribution < 1.29 is 18.6 Å². The largest absolute Gasteiger partial charge is 0.424 e. The van der Waals surface area contributed by atoms with Crippen LogP contribution < -0.4 is 21.1 Å². The zero-order valence-electron chi connectivity index (χ0n) is 17.7. The van der Waals surface area contributed by atoms with Crippen molar-refractivity contribution >= 4 is 11.9 Å². The zero-order valence-corrected chi connectivity index (χ0v) is 17.7. The first-order valence-electron chi connectivity index (χ1n) is 10.3. The van der Waals surface area contributed by atoms with Crippen LogP contribution in [-0.2, 0) is 16.0 Å². The lowest BCUT2D eigenvalue weighted by Crippen LogP contribution is -2.16. The first-order valence-corrected chi connectivity index (χ1v) is 10.3. The smallest absolute Gasteiger partial charge is 0.328 e. The quantitative estimate of drug-likeness (QED) is 0.324. The molecule has 0 amide bonds. The van der Waals surface area contributed by atoms with Crippen molar-refractivity contribution in [3.8, 4) is 11.8 Å². The fourth-order valence-corrected chi connectivity index (χ4v) is 2.62. The SMILES string of the molecule is NCCOCCOCCNc1nc(NCc2cccc(F)c2)nc(Oc2ccccc2)n1. The number of benzene rings is 2. The van der Waals surface area contributed by atoms with Crippen LogP contribution in [0.3, 0.4) is 0 Å². The lowest BCUT2D eigenvalue weighted by molar-refractivity contribution is 0.0547. The van der Waals surface area contributed by atoms with Gasteiger partial charge in [0.2, 0.25) is 11.9 Å². The molecule has 4 N–H and O–H groups in total. The Hall–Kier alpha value is -3.34.